The highest BCUT2D eigenvalue weighted by Gasteiger charge is 2.09. The SMILES string of the molecule is O=C(O)Nc1ccc2c(c1)CNCC2. The van der Waals surface area contributed by atoms with E-state index in [2.05, 4.69) is 10.6 Å². The Morgan fingerprint density at radius 1 is 1.43 bits per heavy atom. The van der Waals surface area contributed by atoms with Gasteiger partial charge in [-0.25, -0.2) is 4.79 Å². The lowest BCUT2D eigenvalue weighted by Crippen LogP contribution is -2.23. The average Bonchev–Trinajstić information content (AvgIpc) is 2.17. The van der Waals surface area contributed by atoms with Crippen molar-refractivity contribution in [1.29, 1.82) is 0 Å². The van der Waals surface area contributed by atoms with Crippen LogP contribution in [0.2, 0.25) is 0 Å². The van der Waals surface area contributed by atoms with Gasteiger partial charge in [-0.15, -0.1) is 0 Å². The molecule has 0 fully saturated rings. The molecule has 3 N–H and O–H groups in total. The van der Waals surface area contributed by atoms with Gasteiger partial charge in [-0.05, 0) is 36.2 Å². The van der Waals surface area contributed by atoms with Gasteiger partial charge in [-0.1, -0.05) is 6.07 Å². The maximum Gasteiger partial charge on any atom is 0.409 e. The minimum Gasteiger partial charge on any atom is -0.465 e. The first-order chi connectivity index (χ1) is 6.75. The van der Waals surface area contributed by atoms with Crippen LogP contribution in [-0.2, 0) is 13.0 Å². The van der Waals surface area contributed by atoms with Crippen LogP contribution in [0.15, 0.2) is 18.2 Å². The zero-order valence-electron chi connectivity index (χ0n) is 7.71. The minimum absolute atomic E-state index is 0.639. The number of fused-ring (bicyclic) bond motifs is 1. The molecule has 14 heavy (non-hydrogen) atoms. The Hall–Kier alpha value is -1.55. The van der Waals surface area contributed by atoms with Gasteiger partial charge in [0.15, 0.2) is 0 Å². The second kappa shape index (κ2) is 3.67. The standard InChI is InChI=1S/C10H12N2O2/c13-10(14)12-9-2-1-7-3-4-11-6-8(7)5-9/h1-2,5,11-12H,3-4,6H2,(H,13,14). The van der Waals surface area contributed by atoms with Crippen LogP contribution in [0.4, 0.5) is 10.5 Å². The number of benzene rings is 1. The summed E-state index contributed by atoms with van der Waals surface area (Å²) >= 11 is 0. The molecule has 74 valence electrons. The Balaban J connectivity index is 2.24. The van der Waals surface area contributed by atoms with Gasteiger partial charge in [0.2, 0.25) is 0 Å². The molecule has 0 aliphatic carbocycles. The van der Waals surface area contributed by atoms with Gasteiger partial charge in [0.05, 0.1) is 0 Å². The van der Waals surface area contributed by atoms with Gasteiger partial charge in [0.25, 0.3) is 0 Å². The van der Waals surface area contributed by atoms with E-state index in [1.165, 1.54) is 11.1 Å². The lowest BCUT2D eigenvalue weighted by Gasteiger charge is -2.17. The summed E-state index contributed by atoms with van der Waals surface area (Å²) in [6.45, 7) is 1.82. The van der Waals surface area contributed by atoms with Gasteiger partial charge in [0, 0.05) is 12.2 Å². The monoisotopic (exact) mass is 192 g/mol. The van der Waals surface area contributed by atoms with Crippen LogP contribution >= 0.6 is 0 Å². The van der Waals surface area contributed by atoms with Crippen LogP contribution in [0.25, 0.3) is 0 Å². The molecule has 2 rings (SSSR count). The number of carbonyl (C=O) groups is 1. The smallest absolute Gasteiger partial charge is 0.409 e. The number of carboxylic acid groups (broad SMARTS) is 1. The molecule has 1 aromatic carbocycles. The Morgan fingerprint density at radius 3 is 3.07 bits per heavy atom. The fourth-order valence-electron chi connectivity index (χ4n) is 1.68. The molecule has 1 aromatic rings. The fraction of sp³-hybridized carbons (Fsp3) is 0.300. The van der Waals surface area contributed by atoms with Gasteiger partial charge >= 0.3 is 6.09 Å². The van der Waals surface area contributed by atoms with Crippen LogP contribution in [0.5, 0.6) is 0 Å². The van der Waals surface area contributed by atoms with Crippen molar-refractivity contribution < 1.29 is 9.90 Å². The third-order valence-corrected chi connectivity index (χ3v) is 2.34. The molecule has 0 saturated carbocycles. The van der Waals surface area contributed by atoms with Crippen molar-refractivity contribution in [2.24, 2.45) is 0 Å². The largest absolute Gasteiger partial charge is 0.465 e. The molecule has 0 radical (unpaired) electrons. The van der Waals surface area contributed by atoms with Gasteiger partial charge in [-0.2, -0.15) is 0 Å². The number of rotatable bonds is 1. The molecule has 0 aromatic heterocycles. The van der Waals surface area contributed by atoms with E-state index in [4.69, 9.17) is 5.11 Å². The number of hydrogen-bond donors (Lipinski definition) is 3. The summed E-state index contributed by atoms with van der Waals surface area (Å²) in [6, 6.07) is 5.68. The molecular formula is C10H12N2O2. The molecule has 0 bridgehead atoms. The van der Waals surface area contributed by atoms with Crippen molar-refractivity contribution in [2.75, 3.05) is 11.9 Å². The summed E-state index contributed by atoms with van der Waals surface area (Å²) in [5.74, 6) is 0. The summed E-state index contributed by atoms with van der Waals surface area (Å²) in [6.07, 6.45) is -0.00315. The van der Waals surface area contributed by atoms with Crippen molar-refractivity contribution in [2.45, 2.75) is 13.0 Å². The molecule has 1 amide bonds. The van der Waals surface area contributed by atoms with Crippen LogP contribution < -0.4 is 10.6 Å². The maximum atomic E-state index is 10.4. The molecule has 1 heterocycles. The van der Waals surface area contributed by atoms with E-state index in [1.807, 2.05) is 12.1 Å². The van der Waals surface area contributed by atoms with Gasteiger partial charge in [-0.3, -0.25) is 5.32 Å². The highest BCUT2D eigenvalue weighted by molar-refractivity contribution is 5.83. The Labute approximate surface area is 81.9 Å². The summed E-state index contributed by atoms with van der Waals surface area (Å²) < 4.78 is 0. The number of hydrogen-bond acceptors (Lipinski definition) is 2. The zero-order valence-corrected chi connectivity index (χ0v) is 7.71. The summed E-state index contributed by atoms with van der Waals surface area (Å²) in [5, 5.41) is 14.1. The van der Waals surface area contributed by atoms with E-state index in [-0.39, 0.29) is 0 Å². The number of anilines is 1. The third-order valence-electron chi connectivity index (χ3n) is 2.34. The van der Waals surface area contributed by atoms with Crippen LogP contribution in [0.1, 0.15) is 11.1 Å². The van der Waals surface area contributed by atoms with E-state index in [0.29, 0.717) is 5.69 Å². The summed E-state index contributed by atoms with van der Waals surface area (Å²) in [5.41, 5.74) is 3.13. The Morgan fingerprint density at radius 2 is 2.29 bits per heavy atom. The highest BCUT2D eigenvalue weighted by atomic mass is 16.4. The normalized spacial score (nSPS) is 14.6. The second-order valence-corrected chi connectivity index (χ2v) is 3.34. The molecular weight excluding hydrogens is 180 g/mol. The van der Waals surface area contributed by atoms with Gasteiger partial charge in [0.1, 0.15) is 0 Å². The third kappa shape index (κ3) is 1.85. The summed E-state index contributed by atoms with van der Waals surface area (Å²) in [7, 11) is 0. The van der Waals surface area contributed by atoms with Crippen molar-refractivity contribution in [3.63, 3.8) is 0 Å². The van der Waals surface area contributed by atoms with Crippen molar-refractivity contribution in [1.82, 2.24) is 5.32 Å². The molecule has 0 unspecified atom stereocenters. The van der Waals surface area contributed by atoms with Crippen LogP contribution in [0.3, 0.4) is 0 Å². The van der Waals surface area contributed by atoms with Crippen LogP contribution in [-0.4, -0.2) is 17.7 Å². The van der Waals surface area contributed by atoms with E-state index in [1.54, 1.807) is 6.07 Å². The Bertz CT molecular complexity index is 363. The Kier molecular flexibility index (Phi) is 2.37. The average molecular weight is 192 g/mol. The zero-order chi connectivity index (χ0) is 9.97. The molecule has 0 saturated heterocycles. The molecule has 4 nitrogen and oxygen atoms in total. The quantitative estimate of drug-likeness (QED) is 0.630. The van der Waals surface area contributed by atoms with Crippen molar-refractivity contribution in [3.8, 4) is 0 Å². The molecule has 1 aliphatic rings. The first-order valence-electron chi connectivity index (χ1n) is 4.58. The predicted molar refractivity (Wildman–Crippen MR) is 53.5 cm³/mol. The predicted octanol–water partition coefficient (Wildman–Crippen LogP) is 1.42. The molecule has 4 heteroatoms. The van der Waals surface area contributed by atoms with Crippen molar-refractivity contribution in [3.05, 3.63) is 29.3 Å². The van der Waals surface area contributed by atoms with E-state index >= 15 is 0 Å². The molecule has 0 atom stereocenters. The fourth-order valence-corrected chi connectivity index (χ4v) is 1.68. The summed E-state index contributed by atoms with van der Waals surface area (Å²) in [4.78, 5) is 10.4. The number of amides is 1. The first-order valence-corrected chi connectivity index (χ1v) is 4.58. The highest BCUT2D eigenvalue weighted by Crippen LogP contribution is 2.18. The van der Waals surface area contributed by atoms with Crippen molar-refractivity contribution >= 4 is 11.8 Å². The maximum absolute atomic E-state index is 10.4. The lowest BCUT2D eigenvalue weighted by atomic mass is 10.0. The minimum atomic E-state index is -1.02. The molecule has 1 aliphatic heterocycles. The lowest BCUT2D eigenvalue weighted by molar-refractivity contribution is 0.210. The van der Waals surface area contributed by atoms with E-state index < -0.39 is 6.09 Å². The van der Waals surface area contributed by atoms with Crippen LogP contribution in [0, 0.1) is 0 Å². The number of nitrogens with one attached hydrogen (secondary N) is 2. The first kappa shape index (κ1) is 9.02. The van der Waals surface area contributed by atoms with E-state index in [0.717, 1.165) is 19.5 Å². The topological polar surface area (TPSA) is 61.4 Å². The second-order valence-electron chi connectivity index (χ2n) is 3.34. The van der Waals surface area contributed by atoms with E-state index in [9.17, 15) is 4.79 Å². The van der Waals surface area contributed by atoms with Gasteiger partial charge < -0.3 is 10.4 Å². The molecule has 0 spiro atoms.